The van der Waals surface area contributed by atoms with E-state index in [9.17, 15) is 19.5 Å². The number of halogens is 1. The van der Waals surface area contributed by atoms with Crippen LogP contribution in [0.2, 0.25) is 0 Å². The number of carboxylic acid groups (broad SMARTS) is 1. The molecule has 0 aliphatic carbocycles. The first-order valence-corrected chi connectivity index (χ1v) is 6.79. The summed E-state index contributed by atoms with van der Waals surface area (Å²) < 4.78 is 0.779. The van der Waals surface area contributed by atoms with Crippen molar-refractivity contribution in [2.24, 2.45) is 0 Å². The van der Waals surface area contributed by atoms with Gasteiger partial charge in [-0.3, -0.25) is 14.5 Å². The Morgan fingerprint density at radius 3 is 2.68 bits per heavy atom. The van der Waals surface area contributed by atoms with Crippen LogP contribution in [0.1, 0.15) is 5.56 Å². The smallest absolute Gasteiger partial charge is 0.293 e. The van der Waals surface area contributed by atoms with Crippen LogP contribution in [0.4, 0.5) is 4.79 Å². The zero-order valence-electron chi connectivity index (χ0n) is 9.46. The van der Waals surface area contributed by atoms with Gasteiger partial charge in [-0.2, -0.15) is 0 Å². The van der Waals surface area contributed by atoms with Crippen molar-refractivity contribution in [2.75, 3.05) is 6.54 Å². The molecule has 0 radical (unpaired) electrons. The summed E-state index contributed by atoms with van der Waals surface area (Å²) >= 11 is 4.04. The minimum Gasteiger partial charge on any atom is -0.548 e. The Morgan fingerprint density at radius 2 is 2.05 bits per heavy atom. The second kappa shape index (κ2) is 5.58. The Morgan fingerprint density at radius 1 is 1.37 bits per heavy atom. The number of thioether (sulfide) groups is 1. The maximum Gasteiger partial charge on any atom is 0.293 e. The third-order valence-electron chi connectivity index (χ3n) is 2.35. The molecule has 2 amide bonds. The maximum absolute atomic E-state index is 11.9. The Kier molecular flexibility index (Phi) is 4.06. The van der Waals surface area contributed by atoms with E-state index in [0.717, 1.165) is 10.0 Å². The molecule has 0 atom stereocenters. The monoisotopic (exact) mass is 340 g/mol. The fraction of sp³-hybridized carbons (Fsp3) is 0.0833. The molecule has 0 aromatic heterocycles. The lowest BCUT2D eigenvalue weighted by Gasteiger charge is -2.12. The second-order valence-electron chi connectivity index (χ2n) is 3.66. The first-order valence-electron chi connectivity index (χ1n) is 5.19. The quantitative estimate of drug-likeness (QED) is 0.773. The van der Waals surface area contributed by atoms with Gasteiger partial charge in [-0.15, -0.1) is 0 Å². The number of carboxylic acids is 1. The van der Waals surface area contributed by atoms with Crippen LogP contribution in [0.5, 0.6) is 0 Å². The van der Waals surface area contributed by atoms with Crippen molar-refractivity contribution in [1.29, 1.82) is 0 Å². The molecule has 1 aromatic carbocycles. The van der Waals surface area contributed by atoms with E-state index in [4.69, 9.17) is 0 Å². The Hall–Kier alpha value is -1.60. The van der Waals surface area contributed by atoms with Crippen LogP contribution in [0.25, 0.3) is 6.08 Å². The van der Waals surface area contributed by atoms with Crippen molar-refractivity contribution in [3.05, 3.63) is 39.2 Å². The molecule has 19 heavy (non-hydrogen) atoms. The van der Waals surface area contributed by atoms with E-state index in [1.807, 2.05) is 6.07 Å². The van der Waals surface area contributed by atoms with Gasteiger partial charge in [0.15, 0.2) is 0 Å². The molecule has 1 aliphatic rings. The van der Waals surface area contributed by atoms with Crippen LogP contribution in [-0.2, 0) is 9.59 Å². The molecular weight excluding hydrogens is 334 g/mol. The minimum absolute atomic E-state index is 0.193. The third kappa shape index (κ3) is 3.05. The van der Waals surface area contributed by atoms with Crippen molar-refractivity contribution >= 4 is 50.9 Å². The van der Waals surface area contributed by atoms with Crippen LogP contribution in [0.3, 0.4) is 0 Å². The molecule has 1 fully saturated rings. The number of nitrogens with zero attached hydrogens (tertiary/aromatic N) is 1. The van der Waals surface area contributed by atoms with E-state index in [-0.39, 0.29) is 4.91 Å². The summed E-state index contributed by atoms with van der Waals surface area (Å²) in [5.74, 6) is -2.08. The summed E-state index contributed by atoms with van der Waals surface area (Å²) in [4.78, 5) is 34.7. The molecule has 7 heteroatoms. The number of hydrogen-bond acceptors (Lipinski definition) is 5. The number of rotatable bonds is 3. The van der Waals surface area contributed by atoms with Gasteiger partial charge >= 0.3 is 0 Å². The van der Waals surface area contributed by atoms with Crippen LogP contribution in [0, 0.1) is 0 Å². The van der Waals surface area contributed by atoms with Gasteiger partial charge in [0.25, 0.3) is 11.1 Å². The molecule has 1 aliphatic heterocycles. The van der Waals surface area contributed by atoms with E-state index >= 15 is 0 Å². The standard InChI is InChI=1S/C12H8BrNO4S/c13-8-4-2-1-3-7(8)5-9-11(17)14(6-10(15)16)12(18)19-9/h1-5H,6H2,(H,15,16)/p-1/b9-5+. The molecule has 5 nitrogen and oxygen atoms in total. The number of imide groups is 1. The highest BCUT2D eigenvalue weighted by Crippen LogP contribution is 2.33. The summed E-state index contributed by atoms with van der Waals surface area (Å²) in [6.45, 7) is -0.724. The van der Waals surface area contributed by atoms with Gasteiger partial charge in [0.2, 0.25) is 0 Å². The third-order valence-corrected chi connectivity index (χ3v) is 3.98. The first-order chi connectivity index (χ1) is 8.99. The molecular formula is C12H7BrNO4S-. The van der Waals surface area contributed by atoms with Crippen molar-refractivity contribution in [3.8, 4) is 0 Å². The van der Waals surface area contributed by atoms with Crippen molar-refractivity contribution in [1.82, 2.24) is 4.90 Å². The fourth-order valence-electron chi connectivity index (χ4n) is 1.50. The lowest BCUT2D eigenvalue weighted by molar-refractivity contribution is -0.305. The molecule has 0 bridgehead atoms. The predicted molar refractivity (Wildman–Crippen MR) is 71.8 cm³/mol. The van der Waals surface area contributed by atoms with Gasteiger partial charge in [-0.1, -0.05) is 34.1 Å². The maximum atomic E-state index is 11.9. The van der Waals surface area contributed by atoms with E-state index in [1.165, 1.54) is 0 Å². The molecule has 1 heterocycles. The average molecular weight is 341 g/mol. The molecule has 98 valence electrons. The normalized spacial score (nSPS) is 17.3. The Bertz CT molecular complexity index is 599. The first kappa shape index (κ1) is 13.8. The van der Waals surface area contributed by atoms with Crippen LogP contribution >= 0.6 is 27.7 Å². The van der Waals surface area contributed by atoms with E-state index in [1.54, 1.807) is 24.3 Å². The Balaban J connectivity index is 2.28. The van der Waals surface area contributed by atoms with Crippen LogP contribution in [0.15, 0.2) is 33.6 Å². The molecule has 1 aromatic rings. The highest BCUT2D eigenvalue weighted by Gasteiger charge is 2.34. The molecule has 0 N–H and O–H groups in total. The number of carbonyl (C=O) groups is 3. The molecule has 0 saturated carbocycles. The van der Waals surface area contributed by atoms with Gasteiger partial charge in [0, 0.05) is 4.47 Å². The summed E-state index contributed by atoms with van der Waals surface area (Å²) in [6.07, 6.45) is 1.55. The van der Waals surface area contributed by atoms with Crippen molar-refractivity contribution < 1.29 is 19.5 Å². The molecule has 0 spiro atoms. The van der Waals surface area contributed by atoms with Crippen LogP contribution < -0.4 is 5.11 Å². The van der Waals surface area contributed by atoms with E-state index in [2.05, 4.69) is 15.9 Å². The van der Waals surface area contributed by atoms with Gasteiger partial charge in [0.1, 0.15) is 0 Å². The zero-order valence-corrected chi connectivity index (χ0v) is 11.9. The predicted octanol–water partition coefficient (Wildman–Crippen LogP) is 1.24. The fourth-order valence-corrected chi connectivity index (χ4v) is 2.73. The molecule has 2 rings (SSSR count). The number of carbonyl (C=O) groups excluding carboxylic acids is 3. The SMILES string of the molecule is O=C([O-])CN1C(=O)S/C(=C/c2ccccc2Br)C1=O. The lowest BCUT2D eigenvalue weighted by Crippen LogP contribution is -2.40. The summed E-state index contributed by atoms with van der Waals surface area (Å²) in [7, 11) is 0. The van der Waals surface area contributed by atoms with Crippen molar-refractivity contribution in [2.45, 2.75) is 0 Å². The highest BCUT2D eigenvalue weighted by molar-refractivity contribution is 9.10. The largest absolute Gasteiger partial charge is 0.548 e. The van der Waals surface area contributed by atoms with Crippen LogP contribution in [-0.4, -0.2) is 28.6 Å². The summed E-state index contributed by atoms with van der Waals surface area (Å²) in [5, 5.41) is 9.87. The average Bonchev–Trinajstić information content (AvgIpc) is 2.60. The van der Waals surface area contributed by atoms with E-state index in [0.29, 0.717) is 16.7 Å². The number of aliphatic carboxylic acids is 1. The van der Waals surface area contributed by atoms with Gasteiger partial charge in [0.05, 0.1) is 17.4 Å². The lowest BCUT2D eigenvalue weighted by atomic mass is 10.2. The second-order valence-corrected chi connectivity index (χ2v) is 5.51. The Labute approximate surface area is 121 Å². The van der Waals surface area contributed by atoms with Gasteiger partial charge < -0.3 is 9.90 Å². The van der Waals surface area contributed by atoms with Gasteiger partial charge in [-0.05, 0) is 29.5 Å². The highest BCUT2D eigenvalue weighted by atomic mass is 79.9. The minimum atomic E-state index is -1.47. The number of amides is 2. The topological polar surface area (TPSA) is 77.5 Å². The van der Waals surface area contributed by atoms with E-state index < -0.39 is 23.7 Å². The summed E-state index contributed by atoms with van der Waals surface area (Å²) in [5.41, 5.74) is 0.737. The molecule has 0 unspecified atom stereocenters. The number of benzene rings is 1. The molecule has 1 saturated heterocycles. The van der Waals surface area contributed by atoms with Gasteiger partial charge in [-0.25, -0.2) is 0 Å². The summed E-state index contributed by atoms with van der Waals surface area (Å²) in [6, 6.07) is 7.19. The zero-order chi connectivity index (χ0) is 14.0. The number of hydrogen-bond donors (Lipinski definition) is 0. The van der Waals surface area contributed by atoms with Crippen molar-refractivity contribution in [3.63, 3.8) is 0 Å².